The molecule has 2 atom stereocenters. The fourth-order valence-electron chi connectivity index (χ4n) is 3.79. The van der Waals surface area contributed by atoms with E-state index in [1.807, 2.05) is 36.4 Å². The number of aromatic nitrogens is 1. The van der Waals surface area contributed by atoms with Crippen LogP contribution >= 0.6 is 0 Å². The Morgan fingerprint density at radius 1 is 1.10 bits per heavy atom. The Balaban J connectivity index is 1.41. The molecular weight excluding hydrogens is 382 g/mol. The summed E-state index contributed by atoms with van der Waals surface area (Å²) in [6.45, 7) is 6.36. The van der Waals surface area contributed by atoms with Gasteiger partial charge in [-0.25, -0.2) is 4.98 Å². The van der Waals surface area contributed by atoms with Gasteiger partial charge in [-0.1, -0.05) is 19.9 Å². The summed E-state index contributed by atoms with van der Waals surface area (Å²) < 4.78 is 23.6. The number of fused-ring (bicyclic) bond motifs is 1. The minimum absolute atomic E-state index is 0.0834. The second-order valence-corrected chi connectivity index (χ2v) is 7.94. The number of methoxy groups -OCH3 is 1. The number of hydrogen-bond donors (Lipinski definition) is 0. The lowest BCUT2D eigenvalue weighted by Crippen LogP contribution is -2.30. The molecule has 2 saturated heterocycles. The van der Waals surface area contributed by atoms with Crippen molar-refractivity contribution in [3.8, 4) is 17.6 Å². The molecule has 4 rings (SSSR count). The zero-order valence-corrected chi connectivity index (χ0v) is 17.6. The zero-order chi connectivity index (χ0) is 21.1. The fourth-order valence-corrected chi connectivity index (χ4v) is 3.79. The SMILES string of the molecule is COc1cccc(OC2CO[C@H]3CN(c4nc(C(C)C)ccc4C#N)C[C@@H]3OC2)c1. The minimum Gasteiger partial charge on any atom is -0.497 e. The van der Waals surface area contributed by atoms with Crippen molar-refractivity contribution in [1.82, 2.24) is 4.98 Å². The Morgan fingerprint density at radius 2 is 1.80 bits per heavy atom. The van der Waals surface area contributed by atoms with Gasteiger partial charge in [0.2, 0.25) is 0 Å². The van der Waals surface area contributed by atoms with Crippen LogP contribution in [0.3, 0.4) is 0 Å². The van der Waals surface area contributed by atoms with Crippen LogP contribution in [0.4, 0.5) is 5.82 Å². The van der Waals surface area contributed by atoms with Crippen LogP contribution in [-0.2, 0) is 9.47 Å². The molecule has 30 heavy (non-hydrogen) atoms. The van der Waals surface area contributed by atoms with Crippen LogP contribution in [0.25, 0.3) is 0 Å². The molecule has 7 nitrogen and oxygen atoms in total. The summed E-state index contributed by atoms with van der Waals surface area (Å²) in [6.07, 6.45) is -0.354. The van der Waals surface area contributed by atoms with Crippen molar-refractivity contribution in [2.24, 2.45) is 0 Å². The third-order valence-corrected chi connectivity index (χ3v) is 5.46. The average molecular weight is 409 g/mol. The van der Waals surface area contributed by atoms with Crippen molar-refractivity contribution in [2.45, 2.75) is 38.1 Å². The van der Waals surface area contributed by atoms with E-state index in [0.717, 1.165) is 17.2 Å². The van der Waals surface area contributed by atoms with Gasteiger partial charge in [0.15, 0.2) is 0 Å². The van der Waals surface area contributed by atoms with Crippen molar-refractivity contribution in [3.63, 3.8) is 0 Å². The van der Waals surface area contributed by atoms with E-state index < -0.39 is 0 Å². The number of benzene rings is 1. The molecule has 0 bridgehead atoms. The van der Waals surface area contributed by atoms with E-state index in [1.165, 1.54) is 0 Å². The van der Waals surface area contributed by atoms with Crippen LogP contribution in [0.2, 0.25) is 0 Å². The van der Waals surface area contributed by atoms with Crippen molar-refractivity contribution < 1.29 is 18.9 Å². The molecule has 2 aliphatic rings. The summed E-state index contributed by atoms with van der Waals surface area (Å²) in [7, 11) is 1.63. The van der Waals surface area contributed by atoms with Gasteiger partial charge in [0.1, 0.15) is 41.7 Å². The molecule has 0 saturated carbocycles. The Bertz CT molecular complexity index is 911. The fraction of sp³-hybridized carbons (Fsp3) is 0.478. The van der Waals surface area contributed by atoms with Crippen LogP contribution in [0.5, 0.6) is 11.5 Å². The van der Waals surface area contributed by atoms with Gasteiger partial charge in [-0.15, -0.1) is 0 Å². The highest BCUT2D eigenvalue weighted by molar-refractivity contribution is 5.55. The highest BCUT2D eigenvalue weighted by Crippen LogP contribution is 2.29. The molecule has 0 spiro atoms. The highest BCUT2D eigenvalue weighted by atomic mass is 16.6. The maximum Gasteiger partial charge on any atom is 0.147 e. The Kier molecular flexibility index (Phi) is 6.07. The number of pyridine rings is 1. The summed E-state index contributed by atoms with van der Waals surface area (Å²) in [4.78, 5) is 6.85. The molecule has 0 radical (unpaired) electrons. The quantitative estimate of drug-likeness (QED) is 0.751. The van der Waals surface area contributed by atoms with Gasteiger partial charge in [0, 0.05) is 24.8 Å². The van der Waals surface area contributed by atoms with Gasteiger partial charge >= 0.3 is 0 Å². The first-order chi connectivity index (χ1) is 14.6. The first kappa shape index (κ1) is 20.5. The highest BCUT2D eigenvalue weighted by Gasteiger charge is 2.39. The predicted molar refractivity (Wildman–Crippen MR) is 112 cm³/mol. The number of hydrogen-bond acceptors (Lipinski definition) is 7. The van der Waals surface area contributed by atoms with Gasteiger partial charge in [-0.3, -0.25) is 0 Å². The van der Waals surface area contributed by atoms with Crippen LogP contribution in [0, 0.1) is 11.3 Å². The summed E-state index contributed by atoms with van der Waals surface area (Å²) in [5.41, 5.74) is 1.56. The maximum atomic E-state index is 9.52. The van der Waals surface area contributed by atoms with E-state index in [2.05, 4.69) is 24.8 Å². The number of nitriles is 1. The van der Waals surface area contributed by atoms with E-state index in [-0.39, 0.29) is 18.3 Å². The predicted octanol–water partition coefficient (Wildman–Crippen LogP) is 3.14. The smallest absolute Gasteiger partial charge is 0.147 e. The van der Waals surface area contributed by atoms with E-state index in [9.17, 15) is 5.26 Å². The van der Waals surface area contributed by atoms with Crippen LogP contribution < -0.4 is 14.4 Å². The van der Waals surface area contributed by atoms with Crippen molar-refractivity contribution in [3.05, 3.63) is 47.7 Å². The van der Waals surface area contributed by atoms with Gasteiger partial charge in [-0.2, -0.15) is 5.26 Å². The van der Waals surface area contributed by atoms with Gasteiger partial charge < -0.3 is 23.8 Å². The first-order valence-electron chi connectivity index (χ1n) is 10.3. The van der Waals surface area contributed by atoms with Crippen molar-refractivity contribution in [2.75, 3.05) is 38.3 Å². The summed E-state index contributed by atoms with van der Waals surface area (Å²) >= 11 is 0. The number of rotatable bonds is 5. The lowest BCUT2D eigenvalue weighted by molar-refractivity contribution is -0.00461. The van der Waals surface area contributed by atoms with Gasteiger partial charge in [0.05, 0.1) is 25.9 Å². The van der Waals surface area contributed by atoms with E-state index in [0.29, 0.717) is 43.6 Å². The van der Waals surface area contributed by atoms with Crippen molar-refractivity contribution in [1.29, 1.82) is 5.26 Å². The third kappa shape index (κ3) is 4.35. The molecule has 3 heterocycles. The molecule has 0 unspecified atom stereocenters. The zero-order valence-electron chi connectivity index (χ0n) is 17.6. The molecule has 2 aliphatic heterocycles. The number of anilines is 1. The van der Waals surface area contributed by atoms with E-state index in [4.69, 9.17) is 23.9 Å². The molecule has 158 valence electrons. The maximum absolute atomic E-state index is 9.52. The Hall–Kier alpha value is -2.82. The Morgan fingerprint density at radius 3 is 2.43 bits per heavy atom. The molecule has 2 aromatic rings. The third-order valence-electron chi connectivity index (χ3n) is 5.46. The van der Waals surface area contributed by atoms with Crippen LogP contribution in [0.15, 0.2) is 36.4 Å². The largest absolute Gasteiger partial charge is 0.497 e. The number of ether oxygens (including phenoxy) is 4. The molecule has 0 aliphatic carbocycles. The summed E-state index contributed by atoms with van der Waals surface area (Å²) in [5, 5.41) is 9.52. The van der Waals surface area contributed by atoms with Crippen LogP contribution in [-0.4, -0.2) is 56.7 Å². The topological polar surface area (TPSA) is 76.8 Å². The lowest BCUT2D eigenvalue weighted by Gasteiger charge is -2.22. The van der Waals surface area contributed by atoms with E-state index >= 15 is 0 Å². The molecular formula is C23H27N3O4. The monoisotopic (exact) mass is 409 g/mol. The normalized spacial score (nSPS) is 21.8. The van der Waals surface area contributed by atoms with E-state index in [1.54, 1.807) is 7.11 Å². The molecule has 0 amide bonds. The van der Waals surface area contributed by atoms with Gasteiger partial charge in [-0.05, 0) is 30.2 Å². The molecule has 7 heteroatoms. The summed E-state index contributed by atoms with van der Waals surface area (Å²) in [5.74, 6) is 2.49. The lowest BCUT2D eigenvalue weighted by atomic mass is 10.1. The standard InChI is InChI=1S/C23H27N3O4/c1-15(2)20-8-7-16(10-24)23(25-20)26-11-21-22(12-26)29-14-19(13-28-21)30-18-6-4-5-17(9-18)27-3/h4-9,15,19,21-22H,11-14H2,1-3H3/t21-,22-/m0/s1. The van der Waals surface area contributed by atoms with Crippen molar-refractivity contribution >= 4 is 5.82 Å². The number of nitrogens with zero attached hydrogens (tertiary/aromatic N) is 3. The van der Waals surface area contributed by atoms with Crippen LogP contribution in [0.1, 0.15) is 31.0 Å². The summed E-state index contributed by atoms with van der Waals surface area (Å²) in [6, 6.07) is 13.6. The second-order valence-electron chi connectivity index (χ2n) is 7.94. The molecule has 1 aromatic carbocycles. The average Bonchev–Trinajstić information content (AvgIpc) is 3.09. The first-order valence-corrected chi connectivity index (χ1v) is 10.3. The molecule has 0 N–H and O–H groups in total. The molecule has 1 aromatic heterocycles. The Labute approximate surface area is 177 Å². The minimum atomic E-state index is -0.187. The second kappa shape index (κ2) is 8.90. The van der Waals surface area contributed by atoms with Gasteiger partial charge in [0.25, 0.3) is 0 Å². The molecule has 2 fully saturated rings.